The average Bonchev–Trinajstić information content (AvgIpc) is 2.04. The Morgan fingerprint density at radius 3 is 2.82 bits per heavy atom. The van der Waals surface area contributed by atoms with Gasteiger partial charge in [-0.1, -0.05) is 6.92 Å². The summed E-state index contributed by atoms with van der Waals surface area (Å²) in [5.74, 6) is -0.416. The van der Waals surface area contributed by atoms with Crippen LogP contribution in [0.25, 0.3) is 0 Å². The molecule has 60 valence electrons. The first-order valence-corrected chi connectivity index (χ1v) is 3.61. The van der Waals surface area contributed by atoms with Crippen LogP contribution in [0.15, 0.2) is 12.1 Å². The van der Waals surface area contributed by atoms with E-state index >= 15 is 0 Å². The number of anilines is 1. The Kier molecular flexibility index (Phi) is 2.41. The number of hydrogen-bond acceptors (Lipinski definition) is 2. The molecule has 1 rings (SSSR count). The summed E-state index contributed by atoms with van der Waals surface area (Å²) < 4.78 is 12.5. The summed E-state index contributed by atoms with van der Waals surface area (Å²) in [6.45, 7) is 1.95. The van der Waals surface area contributed by atoms with Crippen molar-refractivity contribution >= 4 is 5.69 Å². The zero-order valence-electron chi connectivity index (χ0n) is 6.69. The summed E-state index contributed by atoms with van der Waals surface area (Å²) >= 11 is 0. The highest BCUT2D eigenvalue weighted by Crippen LogP contribution is 2.12. The number of aryl methyl sites for hydroxylation is 1. The summed E-state index contributed by atoms with van der Waals surface area (Å²) in [7, 11) is 1.80. The number of pyridine rings is 1. The van der Waals surface area contributed by atoms with Gasteiger partial charge in [-0.15, -0.1) is 0 Å². The maximum atomic E-state index is 12.5. The first-order valence-electron chi connectivity index (χ1n) is 3.61. The largest absolute Gasteiger partial charge is 0.387 e. The standard InChI is InChI=1S/C8H11FN2/c1-3-6-7(10-2)4-5-8(9)11-6/h4-5,10H,3H2,1-2H3. The maximum absolute atomic E-state index is 12.5. The number of aromatic nitrogens is 1. The van der Waals surface area contributed by atoms with Crippen molar-refractivity contribution < 1.29 is 4.39 Å². The predicted molar refractivity (Wildman–Crippen MR) is 43.1 cm³/mol. The van der Waals surface area contributed by atoms with Crippen molar-refractivity contribution in [3.63, 3.8) is 0 Å². The van der Waals surface area contributed by atoms with Crippen molar-refractivity contribution in [2.75, 3.05) is 12.4 Å². The second-order valence-corrected chi connectivity index (χ2v) is 2.23. The van der Waals surface area contributed by atoms with Crippen LogP contribution in [0, 0.1) is 5.95 Å². The maximum Gasteiger partial charge on any atom is 0.213 e. The molecule has 0 saturated carbocycles. The summed E-state index contributed by atoms with van der Waals surface area (Å²) in [6, 6.07) is 3.05. The van der Waals surface area contributed by atoms with E-state index in [2.05, 4.69) is 10.3 Å². The summed E-state index contributed by atoms with van der Waals surface area (Å²) in [5.41, 5.74) is 1.67. The van der Waals surface area contributed by atoms with Gasteiger partial charge in [-0.25, -0.2) is 4.98 Å². The molecule has 1 N–H and O–H groups in total. The molecule has 1 aromatic heterocycles. The number of nitrogens with zero attached hydrogens (tertiary/aromatic N) is 1. The molecule has 0 saturated heterocycles. The Labute approximate surface area is 65.5 Å². The molecule has 0 fully saturated rings. The molecule has 2 nitrogen and oxygen atoms in total. The highest BCUT2D eigenvalue weighted by atomic mass is 19.1. The molecule has 11 heavy (non-hydrogen) atoms. The molecule has 0 aromatic carbocycles. The van der Waals surface area contributed by atoms with Crippen LogP contribution in [0.1, 0.15) is 12.6 Å². The molecule has 0 unspecified atom stereocenters. The highest BCUT2D eigenvalue weighted by molar-refractivity contribution is 5.46. The zero-order valence-corrected chi connectivity index (χ0v) is 6.69. The fraction of sp³-hybridized carbons (Fsp3) is 0.375. The molecule has 0 aliphatic heterocycles. The molecule has 0 amide bonds. The van der Waals surface area contributed by atoms with E-state index in [0.717, 1.165) is 17.8 Å². The van der Waals surface area contributed by atoms with Crippen LogP contribution in [-0.4, -0.2) is 12.0 Å². The van der Waals surface area contributed by atoms with Gasteiger partial charge in [0.15, 0.2) is 0 Å². The van der Waals surface area contributed by atoms with Crippen LogP contribution in [0.3, 0.4) is 0 Å². The first-order chi connectivity index (χ1) is 5.27. The summed E-state index contributed by atoms with van der Waals surface area (Å²) in [4.78, 5) is 3.73. The lowest BCUT2D eigenvalue weighted by Gasteiger charge is -2.04. The summed E-state index contributed by atoms with van der Waals surface area (Å²) in [5, 5.41) is 2.94. The minimum absolute atomic E-state index is 0.416. The Hall–Kier alpha value is -1.12. The second-order valence-electron chi connectivity index (χ2n) is 2.23. The molecule has 0 atom stereocenters. The number of rotatable bonds is 2. The lowest BCUT2D eigenvalue weighted by molar-refractivity contribution is 0.578. The third-order valence-electron chi connectivity index (χ3n) is 1.54. The van der Waals surface area contributed by atoms with Crippen molar-refractivity contribution in [2.45, 2.75) is 13.3 Å². The number of nitrogens with one attached hydrogen (secondary N) is 1. The predicted octanol–water partition coefficient (Wildman–Crippen LogP) is 1.82. The lowest BCUT2D eigenvalue weighted by Crippen LogP contribution is -1.98. The first kappa shape index (κ1) is 7.98. The van der Waals surface area contributed by atoms with Crippen molar-refractivity contribution in [1.29, 1.82) is 0 Å². The van der Waals surface area contributed by atoms with Crippen molar-refractivity contribution in [3.8, 4) is 0 Å². The van der Waals surface area contributed by atoms with Crippen molar-refractivity contribution in [3.05, 3.63) is 23.8 Å². The monoisotopic (exact) mass is 154 g/mol. The zero-order chi connectivity index (χ0) is 8.27. The van der Waals surface area contributed by atoms with Gasteiger partial charge < -0.3 is 5.32 Å². The van der Waals surface area contributed by atoms with E-state index in [9.17, 15) is 4.39 Å². The van der Waals surface area contributed by atoms with Crippen LogP contribution in [0.5, 0.6) is 0 Å². The van der Waals surface area contributed by atoms with Gasteiger partial charge in [0.05, 0.1) is 11.4 Å². The molecular formula is C8H11FN2. The number of halogens is 1. The molecule has 0 bridgehead atoms. The van der Waals surface area contributed by atoms with E-state index in [-0.39, 0.29) is 0 Å². The van der Waals surface area contributed by atoms with E-state index < -0.39 is 5.95 Å². The molecule has 1 aromatic rings. The number of hydrogen-bond donors (Lipinski definition) is 1. The SMILES string of the molecule is CCc1nc(F)ccc1NC. The minimum atomic E-state index is -0.416. The lowest BCUT2D eigenvalue weighted by atomic mass is 10.2. The third kappa shape index (κ3) is 1.67. The smallest absolute Gasteiger partial charge is 0.213 e. The Morgan fingerprint density at radius 1 is 1.55 bits per heavy atom. The van der Waals surface area contributed by atoms with E-state index in [1.807, 2.05) is 6.92 Å². The molecule has 0 aliphatic carbocycles. The Bertz CT molecular complexity index is 248. The van der Waals surface area contributed by atoms with Gasteiger partial charge in [0.2, 0.25) is 5.95 Å². The quantitative estimate of drug-likeness (QED) is 0.657. The van der Waals surface area contributed by atoms with Gasteiger partial charge in [-0.05, 0) is 18.6 Å². The Morgan fingerprint density at radius 2 is 2.27 bits per heavy atom. The molecular weight excluding hydrogens is 143 g/mol. The highest BCUT2D eigenvalue weighted by Gasteiger charge is 2.00. The van der Waals surface area contributed by atoms with Crippen LogP contribution in [0.4, 0.5) is 10.1 Å². The van der Waals surface area contributed by atoms with E-state index in [1.165, 1.54) is 6.07 Å². The van der Waals surface area contributed by atoms with Gasteiger partial charge in [0.1, 0.15) is 0 Å². The normalized spacial score (nSPS) is 9.73. The second kappa shape index (κ2) is 3.32. The third-order valence-corrected chi connectivity index (χ3v) is 1.54. The molecule has 1 heterocycles. The van der Waals surface area contributed by atoms with E-state index in [1.54, 1.807) is 13.1 Å². The summed E-state index contributed by atoms with van der Waals surface area (Å²) in [6.07, 6.45) is 0.744. The molecule has 3 heteroatoms. The molecule has 0 aliphatic rings. The van der Waals surface area contributed by atoms with Crippen LogP contribution in [0.2, 0.25) is 0 Å². The van der Waals surface area contributed by atoms with Crippen molar-refractivity contribution in [1.82, 2.24) is 4.98 Å². The fourth-order valence-corrected chi connectivity index (χ4v) is 0.972. The van der Waals surface area contributed by atoms with Crippen LogP contribution < -0.4 is 5.32 Å². The van der Waals surface area contributed by atoms with E-state index in [0.29, 0.717) is 0 Å². The Balaban J connectivity index is 3.06. The molecule has 0 spiro atoms. The average molecular weight is 154 g/mol. The van der Waals surface area contributed by atoms with Crippen LogP contribution >= 0.6 is 0 Å². The van der Waals surface area contributed by atoms with Crippen LogP contribution in [-0.2, 0) is 6.42 Å². The van der Waals surface area contributed by atoms with Gasteiger partial charge >= 0.3 is 0 Å². The van der Waals surface area contributed by atoms with Gasteiger partial charge in [0.25, 0.3) is 0 Å². The molecule has 0 radical (unpaired) electrons. The minimum Gasteiger partial charge on any atom is -0.387 e. The topological polar surface area (TPSA) is 24.9 Å². The van der Waals surface area contributed by atoms with E-state index in [4.69, 9.17) is 0 Å². The van der Waals surface area contributed by atoms with Gasteiger partial charge in [-0.2, -0.15) is 4.39 Å². The van der Waals surface area contributed by atoms with Gasteiger partial charge in [-0.3, -0.25) is 0 Å². The van der Waals surface area contributed by atoms with Gasteiger partial charge in [0, 0.05) is 7.05 Å². The fourth-order valence-electron chi connectivity index (χ4n) is 0.972. The van der Waals surface area contributed by atoms with Crippen molar-refractivity contribution in [2.24, 2.45) is 0 Å².